The van der Waals surface area contributed by atoms with Crippen molar-refractivity contribution in [1.29, 1.82) is 0 Å². The van der Waals surface area contributed by atoms with Crippen LogP contribution >= 0.6 is 11.8 Å². The Kier molecular flexibility index (Phi) is 6.76. The molecule has 0 aliphatic carbocycles. The van der Waals surface area contributed by atoms with Crippen LogP contribution in [-0.2, 0) is 17.9 Å². The maximum Gasteiger partial charge on any atom is 0.221 e. The Balaban J connectivity index is 1.55. The fourth-order valence-electron chi connectivity index (χ4n) is 2.52. The molecule has 0 aliphatic rings. The molecule has 3 rings (SSSR count). The van der Waals surface area contributed by atoms with Crippen molar-refractivity contribution in [3.05, 3.63) is 73.1 Å². The highest BCUT2D eigenvalue weighted by Crippen LogP contribution is 2.23. The fourth-order valence-corrected chi connectivity index (χ4v) is 3.40. The van der Waals surface area contributed by atoms with Crippen LogP contribution in [0.2, 0.25) is 0 Å². The second-order valence-corrected chi connectivity index (χ2v) is 6.87. The van der Waals surface area contributed by atoms with Gasteiger partial charge in [-0.25, -0.2) is 0 Å². The fraction of sp³-hybridized carbons (Fsp3) is 0.200. The van der Waals surface area contributed by atoms with Crippen LogP contribution in [0, 0.1) is 0 Å². The molecule has 3 aromatic rings. The van der Waals surface area contributed by atoms with Crippen LogP contribution in [0.15, 0.2) is 72.7 Å². The van der Waals surface area contributed by atoms with Crippen LogP contribution in [0.4, 0.5) is 0 Å². The largest absolute Gasteiger partial charge is 0.352 e. The van der Waals surface area contributed by atoms with Crippen molar-refractivity contribution in [3.63, 3.8) is 0 Å². The lowest BCUT2D eigenvalue weighted by atomic mass is 10.2. The highest BCUT2D eigenvalue weighted by Gasteiger charge is 2.14. The number of hydrogen-bond donors (Lipinski definition) is 1. The van der Waals surface area contributed by atoms with Crippen molar-refractivity contribution < 1.29 is 4.79 Å². The number of rotatable bonds is 9. The van der Waals surface area contributed by atoms with E-state index < -0.39 is 0 Å². The number of carbonyl (C=O) groups excluding carboxylic acids is 1. The molecule has 0 spiro atoms. The van der Waals surface area contributed by atoms with Crippen molar-refractivity contribution in [3.8, 4) is 11.4 Å². The molecule has 0 unspecified atom stereocenters. The van der Waals surface area contributed by atoms with E-state index in [1.54, 1.807) is 18.5 Å². The second kappa shape index (κ2) is 9.68. The molecule has 7 heteroatoms. The van der Waals surface area contributed by atoms with E-state index in [1.165, 1.54) is 11.8 Å². The van der Waals surface area contributed by atoms with E-state index in [1.807, 2.05) is 47.0 Å². The van der Waals surface area contributed by atoms with Gasteiger partial charge in [-0.1, -0.05) is 48.2 Å². The minimum absolute atomic E-state index is 0.0219. The van der Waals surface area contributed by atoms with Gasteiger partial charge in [0.25, 0.3) is 0 Å². The summed E-state index contributed by atoms with van der Waals surface area (Å²) < 4.78 is 1.98. The van der Waals surface area contributed by atoms with Gasteiger partial charge in [0, 0.05) is 43.2 Å². The number of allylic oxidation sites excluding steroid dienone is 1. The first-order valence-corrected chi connectivity index (χ1v) is 9.64. The SMILES string of the molecule is C=CCn1c(SCCC(=O)NCc2ccccc2)nnc1-c1cccnc1. The van der Waals surface area contributed by atoms with Gasteiger partial charge in [0.2, 0.25) is 5.91 Å². The summed E-state index contributed by atoms with van der Waals surface area (Å²) in [6.45, 7) is 4.95. The molecule has 1 N–H and O–H groups in total. The molecule has 2 aromatic heterocycles. The molecule has 0 saturated heterocycles. The number of benzene rings is 1. The summed E-state index contributed by atoms with van der Waals surface area (Å²) in [5.41, 5.74) is 1.99. The molecule has 1 aromatic carbocycles. The molecule has 0 fully saturated rings. The van der Waals surface area contributed by atoms with Gasteiger partial charge in [-0.3, -0.25) is 14.3 Å². The number of pyridine rings is 1. The van der Waals surface area contributed by atoms with Crippen LogP contribution in [0.3, 0.4) is 0 Å². The first-order valence-electron chi connectivity index (χ1n) is 8.66. The van der Waals surface area contributed by atoms with Gasteiger partial charge in [-0.15, -0.1) is 16.8 Å². The van der Waals surface area contributed by atoms with Gasteiger partial charge in [0.05, 0.1) is 0 Å². The number of carbonyl (C=O) groups is 1. The van der Waals surface area contributed by atoms with E-state index in [-0.39, 0.29) is 5.91 Å². The summed E-state index contributed by atoms with van der Waals surface area (Å²) in [5.74, 6) is 1.40. The van der Waals surface area contributed by atoms with E-state index in [0.717, 1.165) is 22.1 Å². The lowest BCUT2D eigenvalue weighted by Crippen LogP contribution is -2.23. The maximum absolute atomic E-state index is 12.1. The van der Waals surface area contributed by atoms with Crippen molar-refractivity contribution in [2.45, 2.75) is 24.7 Å². The normalized spacial score (nSPS) is 10.5. The molecule has 27 heavy (non-hydrogen) atoms. The predicted octanol–water partition coefficient (Wildman–Crippen LogP) is 3.32. The number of thioether (sulfide) groups is 1. The molecule has 0 atom stereocenters. The van der Waals surface area contributed by atoms with Crippen molar-refractivity contribution in [2.24, 2.45) is 0 Å². The van der Waals surface area contributed by atoms with Crippen LogP contribution < -0.4 is 5.32 Å². The van der Waals surface area contributed by atoms with Gasteiger partial charge in [0.15, 0.2) is 11.0 Å². The van der Waals surface area contributed by atoms with Crippen molar-refractivity contribution >= 4 is 17.7 Å². The van der Waals surface area contributed by atoms with Gasteiger partial charge < -0.3 is 5.32 Å². The minimum atomic E-state index is 0.0219. The Bertz CT molecular complexity index is 880. The summed E-state index contributed by atoms with van der Waals surface area (Å²) >= 11 is 1.51. The number of aromatic nitrogens is 4. The maximum atomic E-state index is 12.1. The number of nitrogens with zero attached hydrogens (tertiary/aromatic N) is 4. The highest BCUT2D eigenvalue weighted by molar-refractivity contribution is 7.99. The summed E-state index contributed by atoms with van der Waals surface area (Å²) in [5, 5.41) is 12.3. The van der Waals surface area contributed by atoms with E-state index in [2.05, 4.69) is 27.1 Å². The average molecular weight is 379 g/mol. The molecular formula is C20H21N5OS. The molecule has 0 aliphatic heterocycles. The quantitative estimate of drug-likeness (QED) is 0.456. The average Bonchev–Trinajstić information content (AvgIpc) is 3.11. The zero-order chi connectivity index (χ0) is 18.9. The topological polar surface area (TPSA) is 72.7 Å². The van der Waals surface area contributed by atoms with E-state index in [0.29, 0.717) is 25.3 Å². The van der Waals surface area contributed by atoms with Gasteiger partial charge in [0.1, 0.15) is 0 Å². The monoisotopic (exact) mass is 379 g/mol. The Morgan fingerprint density at radius 3 is 2.78 bits per heavy atom. The van der Waals surface area contributed by atoms with Crippen molar-refractivity contribution in [2.75, 3.05) is 5.75 Å². The summed E-state index contributed by atoms with van der Waals surface area (Å²) in [6, 6.07) is 13.7. The smallest absolute Gasteiger partial charge is 0.221 e. The number of hydrogen-bond acceptors (Lipinski definition) is 5. The third-order valence-corrected chi connectivity index (χ3v) is 4.81. The minimum Gasteiger partial charge on any atom is -0.352 e. The van der Waals surface area contributed by atoms with E-state index >= 15 is 0 Å². The molecule has 1 amide bonds. The first-order chi connectivity index (χ1) is 13.3. The number of amides is 1. The Labute approximate surface area is 162 Å². The lowest BCUT2D eigenvalue weighted by molar-refractivity contribution is -0.120. The molecular weight excluding hydrogens is 358 g/mol. The van der Waals surface area contributed by atoms with Gasteiger partial charge in [-0.2, -0.15) is 0 Å². The van der Waals surface area contributed by atoms with Crippen molar-refractivity contribution in [1.82, 2.24) is 25.1 Å². The van der Waals surface area contributed by atoms with E-state index in [9.17, 15) is 4.79 Å². The van der Waals surface area contributed by atoms with E-state index in [4.69, 9.17) is 0 Å². The van der Waals surface area contributed by atoms with Gasteiger partial charge in [-0.05, 0) is 17.7 Å². The third kappa shape index (κ3) is 5.27. The standard InChI is InChI=1S/C20H21N5OS/c1-2-12-25-19(17-9-6-11-21-15-17)23-24-20(25)27-13-10-18(26)22-14-16-7-4-3-5-8-16/h2-9,11,15H,1,10,12-14H2,(H,22,26). The summed E-state index contributed by atoms with van der Waals surface area (Å²) in [4.78, 5) is 16.2. The molecule has 0 bridgehead atoms. The predicted molar refractivity (Wildman–Crippen MR) is 107 cm³/mol. The second-order valence-electron chi connectivity index (χ2n) is 5.81. The van der Waals surface area contributed by atoms with Gasteiger partial charge >= 0.3 is 0 Å². The molecule has 6 nitrogen and oxygen atoms in total. The summed E-state index contributed by atoms with van der Waals surface area (Å²) in [6.07, 6.45) is 5.71. The molecule has 0 saturated carbocycles. The van der Waals surface area contributed by atoms with Crippen LogP contribution in [0.5, 0.6) is 0 Å². The third-order valence-electron chi connectivity index (χ3n) is 3.84. The summed E-state index contributed by atoms with van der Waals surface area (Å²) in [7, 11) is 0. The zero-order valence-electron chi connectivity index (χ0n) is 14.9. The zero-order valence-corrected chi connectivity index (χ0v) is 15.7. The Morgan fingerprint density at radius 2 is 2.04 bits per heavy atom. The Hall–Kier alpha value is -2.93. The van der Waals surface area contributed by atoms with Crippen LogP contribution in [0.1, 0.15) is 12.0 Å². The van der Waals surface area contributed by atoms with Crippen LogP contribution in [0.25, 0.3) is 11.4 Å². The lowest BCUT2D eigenvalue weighted by Gasteiger charge is -2.08. The number of nitrogens with one attached hydrogen (secondary N) is 1. The highest BCUT2D eigenvalue weighted by atomic mass is 32.2. The molecule has 138 valence electrons. The Morgan fingerprint density at radius 1 is 1.19 bits per heavy atom. The molecule has 2 heterocycles. The molecule has 0 radical (unpaired) electrons. The first kappa shape index (κ1) is 18.8. The van der Waals surface area contributed by atoms with Crippen LogP contribution in [-0.4, -0.2) is 31.4 Å².